The van der Waals surface area contributed by atoms with E-state index in [1.165, 1.54) is 0 Å². The summed E-state index contributed by atoms with van der Waals surface area (Å²) in [5.74, 6) is -0.451. The molecular weight excluding hydrogens is 359 g/mol. The topological polar surface area (TPSA) is 83.5 Å². The Morgan fingerprint density at radius 3 is 2.31 bits per heavy atom. The molecule has 0 unspecified atom stereocenters. The number of phenolic OH excluding ortho intramolecular Hbond substituents is 1. The van der Waals surface area contributed by atoms with Crippen LogP contribution < -0.4 is 8.81 Å². The fourth-order valence-electron chi connectivity index (χ4n) is 0.605. The first-order valence-electron chi connectivity index (χ1n) is 3.53. The quantitative estimate of drug-likeness (QED) is 0.348. The number of phenols is 1. The minimum atomic E-state index is -0.833. The van der Waals surface area contributed by atoms with Gasteiger partial charge in [0.25, 0.3) is 5.97 Å². The average molecular weight is 369 g/mol. The Morgan fingerprint density at radius 1 is 1.54 bits per heavy atom. The number of rotatable bonds is 0. The number of hydrogen-bond acceptors (Lipinski definition) is 3. The minimum absolute atomic E-state index is 0.382. The first kappa shape index (κ1) is 12.2. The van der Waals surface area contributed by atoms with Gasteiger partial charge < -0.3 is 5.11 Å². The predicted molar refractivity (Wildman–Crippen MR) is 45.5 cm³/mol. The predicted octanol–water partition coefficient (Wildman–Crippen LogP) is 0.237. The summed E-state index contributed by atoms with van der Waals surface area (Å²) in [4.78, 5) is 9.00. The monoisotopic (exact) mass is 370 g/mol. The Labute approximate surface area is 92.3 Å². The van der Waals surface area contributed by atoms with E-state index in [2.05, 4.69) is 0 Å². The molecule has 5 heteroatoms. The van der Waals surface area contributed by atoms with Gasteiger partial charge in [-0.2, -0.15) is 0 Å². The fourth-order valence-corrected chi connectivity index (χ4v) is 1.98. The second-order valence-electron chi connectivity index (χ2n) is 2.41. The van der Waals surface area contributed by atoms with Crippen LogP contribution in [0.3, 0.4) is 0 Å². The van der Waals surface area contributed by atoms with Gasteiger partial charge in [-0.25, -0.2) is 0 Å². The van der Waals surface area contributed by atoms with Crippen LogP contribution in [0.5, 0.6) is 5.75 Å². The molecular formula is C8H10HgNO3. The van der Waals surface area contributed by atoms with Gasteiger partial charge in [-0.15, -0.1) is 0 Å². The molecule has 1 rings (SSSR count). The Hall–Kier alpha value is -0.775. The summed E-state index contributed by atoms with van der Waals surface area (Å²) < 4.78 is 1.01. The Balaban J connectivity index is 0.000000310. The molecule has 0 atom stereocenters. The fraction of sp³-hybridized carbons (Fsp3) is 0.125. The van der Waals surface area contributed by atoms with E-state index >= 15 is 0 Å². The molecule has 4 N–H and O–H groups in total. The molecule has 0 aliphatic carbocycles. The molecule has 0 bridgehead atoms. The van der Waals surface area contributed by atoms with Gasteiger partial charge in [0.05, 0.1) is 0 Å². The summed E-state index contributed by atoms with van der Waals surface area (Å²) in [6.07, 6.45) is 0. The molecule has 0 fully saturated rings. The maximum absolute atomic E-state index is 9.04. The zero-order valence-corrected chi connectivity index (χ0v) is 12.8. The number of nitrogen functional groups attached to an aromatic ring is 1. The van der Waals surface area contributed by atoms with Crippen molar-refractivity contribution in [3.8, 4) is 5.75 Å². The van der Waals surface area contributed by atoms with Crippen LogP contribution in [0.15, 0.2) is 18.2 Å². The molecule has 67 valence electrons. The van der Waals surface area contributed by atoms with Crippen molar-refractivity contribution in [2.24, 2.45) is 0 Å². The third-order valence-corrected chi connectivity index (χ3v) is 3.31. The van der Waals surface area contributed by atoms with Crippen LogP contribution >= 0.6 is 0 Å². The number of carboxylic acids is 1. The van der Waals surface area contributed by atoms with E-state index in [-0.39, 0.29) is 0 Å². The number of aliphatic carboxylic acids is 1. The summed E-state index contributed by atoms with van der Waals surface area (Å²) in [5.41, 5.74) is 6.18. The molecule has 0 heterocycles. The van der Waals surface area contributed by atoms with E-state index in [4.69, 9.17) is 20.7 Å². The van der Waals surface area contributed by atoms with Crippen molar-refractivity contribution in [3.63, 3.8) is 0 Å². The Bertz CT molecular complexity index is 297. The van der Waals surface area contributed by atoms with Crippen LogP contribution in [0.1, 0.15) is 6.92 Å². The average Bonchev–Trinajstić information content (AvgIpc) is 1.96. The van der Waals surface area contributed by atoms with Crippen molar-refractivity contribution in [1.82, 2.24) is 0 Å². The van der Waals surface area contributed by atoms with E-state index in [1.54, 1.807) is 12.1 Å². The molecule has 0 aromatic heterocycles. The van der Waals surface area contributed by atoms with Crippen LogP contribution in [-0.2, 0) is 30.9 Å². The third kappa shape index (κ3) is 6.39. The molecule has 1 aromatic carbocycles. The molecule has 0 aliphatic rings. The van der Waals surface area contributed by atoms with E-state index in [0.717, 1.165) is 15.7 Å². The number of anilines is 1. The summed E-state index contributed by atoms with van der Waals surface area (Å²) in [7, 11) is 0. The molecule has 0 saturated carbocycles. The molecule has 0 radical (unpaired) electrons. The summed E-state index contributed by atoms with van der Waals surface area (Å²) in [6, 6.07) is 5.15. The number of benzene rings is 1. The SMILES string of the molecule is CC(=O)O.Nc1ccc(O)[c]([Hg])c1. The second kappa shape index (κ2) is 5.80. The van der Waals surface area contributed by atoms with Crippen LogP contribution in [0.4, 0.5) is 5.69 Å². The summed E-state index contributed by atoms with van der Waals surface area (Å²) in [6.45, 7) is 1.08. The van der Waals surface area contributed by atoms with E-state index in [9.17, 15) is 0 Å². The number of hydrogen-bond donors (Lipinski definition) is 3. The standard InChI is InChI=1S/C6H6NO.C2H4O2.Hg/c7-5-1-3-6(8)4-2-5;1-2(3)4;/h1-3,8H,7H2;1H3,(H,3,4);. The molecule has 13 heavy (non-hydrogen) atoms. The maximum atomic E-state index is 9.04. The Kier molecular flexibility index (Phi) is 5.45. The molecule has 0 aliphatic heterocycles. The van der Waals surface area contributed by atoms with Crippen LogP contribution in [0, 0.1) is 0 Å². The van der Waals surface area contributed by atoms with Gasteiger partial charge in [0.1, 0.15) is 0 Å². The van der Waals surface area contributed by atoms with Gasteiger partial charge in [0.2, 0.25) is 0 Å². The third-order valence-electron chi connectivity index (χ3n) is 1.10. The van der Waals surface area contributed by atoms with Crippen molar-refractivity contribution in [3.05, 3.63) is 18.2 Å². The number of carboxylic acid groups (broad SMARTS) is 1. The van der Waals surface area contributed by atoms with Gasteiger partial charge in [0, 0.05) is 6.92 Å². The molecule has 4 nitrogen and oxygen atoms in total. The molecule has 1 aromatic rings. The van der Waals surface area contributed by atoms with E-state index < -0.39 is 5.97 Å². The molecule has 0 spiro atoms. The summed E-state index contributed by atoms with van der Waals surface area (Å²) >= 11 is 0.458. The zero-order valence-electron chi connectivity index (χ0n) is 7.32. The van der Waals surface area contributed by atoms with Crippen LogP contribution in [-0.4, -0.2) is 16.2 Å². The number of carbonyl (C=O) groups is 1. The van der Waals surface area contributed by atoms with Crippen molar-refractivity contribution in [2.45, 2.75) is 6.92 Å². The second-order valence-corrected chi connectivity index (χ2v) is 5.37. The number of aromatic hydroxyl groups is 1. The Morgan fingerprint density at radius 2 is 2.00 bits per heavy atom. The van der Waals surface area contributed by atoms with Crippen LogP contribution in [0.25, 0.3) is 0 Å². The summed E-state index contributed by atoms with van der Waals surface area (Å²) in [5, 5.41) is 16.5. The molecule has 0 saturated heterocycles. The zero-order chi connectivity index (χ0) is 10.4. The van der Waals surface area contributed by atoms with Gasteiger partial charge in [0.15, 0.2) is 0 Å². The van der Waals surface area contributed by atoms with Crippen molar-refractivity contribution >= 4 is 14.7 Å². The number of nitrogens with two attached hydrogens (primary N) is 1. The van der Waals surface area contributed by atoms with Gasteiger partial charge in [-0.3, -0.25) is 4.79 Å². The molecule has 0 amide bonds. The van der Waals surface area contributed by atoms with Gasteiger partial charge in [-0.05, 0) is 0 Å². The first-order chi connectivity index (χ1) is 5.93. The van der Waals surface area contributed by atoms with Crippen molar-refractivity contribution in [2.75, 3.05) is 5.73 Å². The van der Waals surface area contributed by atoms with Crippen molar-refractivity contribution in [1.29, 1.82) is 0 Å². The van der Waals surface area contributed by atoms with Crippen LogP contribution in [0.2, 0.25) is 0 Å². The van der Waals surface area contributed by atoms with Crippen molar-refractivity contribution < 1.29 is 41.1 Å². The van der Waals surface area contributed by atoms with Gasteiger partial charge in [-0.1, -0.05) is 0 Å². The normalized spacial score (nSPS) is 8.54. The van der Waals surface area contributed by atoms with E-state index in [0.29, 0.717) is 31.9 Å². The van der Waals surface area contributed by atoms with E-state index in [1.807, 2.05) is 6.07 Å². The first-order valence-corrected chi connectivity index (χ1v) is 6.28. The van der Waals surface area contributed by atoms with Gasteiger partial charge >= 0.3 is 69.7 Å².